The summed E-state index contributed by atoms with van der Waals surface area (Å²) in [5.74, 6) is 1.67. The molecule has 2 aliphatic rings. The number of hydrogen-bond donors (Lipinski definition) is 1. The van der Waals surface area contributed by atoms with Gasteiger partial charge in [-0.1, -0.05) is 18.2 Å². The van der Waals surface area contributed by atoms with E-state index in [9.17, 15) is 9.59 Å². The molecule has 1 unspecified atom stereocenters. The van der Waals surface area contributed by atoms with Crippen molar-refractivity contribution in [2.45, 2.75) is 31.7 Å². The van der Waals surface area contributed by atoms with Gasteiger partial charge in [0.15, 0.2) is 5.78 Å². The first-order chi connectivity index (χ1) is 13.7. The Balaban J connectivity index is 1.33. The molecule has 1 heterocycles. The summed E-state index contributed by atoms with van der Waals surface area (Å²) in [7, 11) is 0. The van der Waals surface area contributed by atoms with Crippen LogP contribution in [0.3, 0.4) is 0 Å². The number of carbonyl (C=O) groups is 2. The number of rotatable bonds is 7. The predicted octanol–water partition coefficient (Wildman–Crippen LogP) is 3.65. The zero-order chi connectivity index (χ0) is 19.3. The standard InChI is InChI=1S/C23H26N2O3/c26-22(24-19-10-11-19)16-25-14-4-5-18(15-25)23(27)17-8-12-21(13-9-17)28-20-6-2-1-3-7-20/h1-3,6-9,12-13,18-19H,4-5,10-11,14-16H2,(H,24,26). The van der Waals surface area contributed by atoms with Crippen molar-refractivity contribution in [1.82, 2.24) is 10.2 Å². The van der Waals surface area contributed by atoms with Gasteiger partial charge in [0.25, 0.3) is 0 Å². The number of amides is 1. The molecule has 5 nitrogen and oxygen atoms in total. The summed E-state index contributed by atoms with van der Waals surface area (Å²) in [4.78, 5) is 27.1. The van der Waals surface area contributed by atoms with Gasteiger partial charge >= 0.3 is 0 Å². The first kappa shape index (κ1) is 18.7. The van der Waals surface area contributed by atoms with Crippen molar-refractivity contribution in [2.24, 2.45) is 5.92 Å². The molecule has 28 heavy (non-hydrogen) atoms. The molecule has 1 atom stereocenters. The Morgan fingerprint density at radius 1 is 0.964 bits per heavy atom. The predicted molar refractivity (Wildman–Crippen MR) is 108 cm³/mol. The number of para-hydroxylation sites is 1. The maximum absolute atomic E-state index is 12.9. The number of ether oxygens (including phenoxy) is 1. The third-order valence-electron chi connectivity index (χ3n) is 5.30. The smallest absolute Gasteiger partial charge is 0.234 e. The number of nitrogens with zero attached hydrogens (tertiary/aromatic N) is 1. The minimum atomic E-state index is -0.0524. The molecule has 2 aromatic carbocycles. The number of nitrogens with one attached hydrogen (secondary N) is 1. The average Bonchev–Trinajstić information content (AvgIpc) is 3.53. The van der Waals surface area contributed by atoms with Gasteiger partial charge in [-0.2, -0.15) is 0 Å². The molecule has 0 aromatic heterocycles. The topological polar surface area (TPSA) is 58.6 Å². The van der Waals surface area contributed by atoms with E-state index in [1.165, 1.54) is 0 Å². The Bertz CT molecular complexity index is 816. The Hall–Kier alpha value is -2.66. The number of ketones is 1. The molecule has 2 aromatic rings. The third kappa shape index (κ3) is 4.98. The SMILES string of the molecule is O=C(CN1CCCC(C(=O)c2ccc(Oc3ccccc3)cc2)C1)NC1CC1. The van der Waals surface area contributed by atoms with Gasteiger partial charge in [-0.3, -0.25) is 14.5 Å². The number of carbonyl (C=O) groups excluding carboxylic acids is 2. The lowest BCUT2D eigenvalue weighted by atomic mass is 9.90. The van der Waals surface area contributed by atoms with Crippen LogP contribution in [0.25, 0.3) is 0 Å². The fourth-order valence-electron chi connectivity index (χ4n) is 3.66. The van der Waals surface area contributed by atoms with Crippen LogP contribution >= 0.6 is 0 Å². The summed E-state index contributed by atoms with van der Waals surface area (Å²) >= 11 is 0. The molecule has 1 amide bonds. The van der Waals surface area contributed by atoms with E-state index in [2.05, 4.69) is 10.2 Å². The molecule has 4 rings (SSSR count). The van der Waals surface area contributed by atoms with E-state index in [0.29, 0.717) is 30.4 Å². The summed E-state index contributed by atoms with van der Waals surface area (Å²) in [5, 5.41) is 3.02. The Morgan fingerprint density at radius 2 is 1.68 bits per heavy atom. The van der Waals surface area contributed by atoms with Crippen LogP contribution in [0.4, 0.5) is 0 Å². The van der Waals surface area contributed by atoms with Crippen LogP contribution in [-0.4, -0.2) is 42.3 Å². The number of likely N-dealkylation sites (tertiary alicyclic amines) is 1. The summed E-state index contributed by atoms with van der Waals surface area (Å²) in [6, 6.07) is 17.3. The van der Waals surface area contributed by atoms with Gasteiger partial charge in [0.2, 0.25) is 5.91 Å². The molecule has 1 aliphatic carbocycles. The summed E-state index contributed by atoms with van der Waals surface area (Å²) < 4.78 is 5.79. The van der Waals surface area contributed by atoms with Crippen LogP contribution < -0.4 is 10.1 Å². The van der Waals surface area contributed by atoms with E-state index in [0.717, 1.165) is 38.0 Å². The molecule has 1 saturated carbocycles. The molecule has 0 bridgehead atoms. The van der Waals surface area contributed by atoms with Crippen LogP contribution in [-0.2, 0) is 4.79 Å². The van der Waals surface area contributed by atoms with Crippen LogP contribution in [0, 0.1) is 5.92 Å². The van der Waals surface area contributed by atoms with Crippen LogP contribution in [0.5, 0.6) is 11.5 Å². The van der Waals surface area contributed by atoms with Crippen molar-refractivity contribution in [3.63, 3.8) is 0 Å². The highest BCUT2D eigenvalue weighted by Gasteiger charge is 2.29. The van der Waals surface area contributed by atoms with Gasteiger partial charge in [0.1, 0.15) is 11.5 Å². The quantitative estimate of drug-likeness (QED) is 0.747. The minimum Gasteiger partial charge on any atom is -0.457 e. The second-order valence-corrected chi connectivity index (χ2v) is 7.72. The molecule has 0 spiro atoms. The zero-order valence-electron chi connectivity index (χ0n) is 16.0. The van der Waals surface area contributed by atoms with Gasteiger partial charge < -0.3 is 10.1 Å². The highest BCUT2D eigenvalue weighted by Crippen LogP contribution is 2.25. The fourth-order valence-corrected chi connectivity index (χ4v) is 3.66. The first-order valence-electron chi connectivity index (χ1n) is 10.1. The van der Waals surface area contributed by atoms with Gasteiger partial charge in [-0.05, 0) is 68.6 Å². The van der Waals surface area contributed by atoms with Crippen molar-refractivity contribution in [1.29, 1.82) is 0 Å². The lowest BCUT2D eigenvalue weighted by Crippen LogP contribution is -2.44. The van der Waals surface area contributed by atoms with Crippen molar-refractivity contribution in [2.75, 3.05) is 19.6 Å². The van der Waals surface area contributed by atoms with Crippen LogP contribution in [0.15, 0.2) is 54.6 Å². The lowest BCUT2D eigenvalue weighted by Gasteiger charge is -2.31. The molecule has 146 valence electrons. The van der Waals surface area contributed by atoms with Crippen molar-refractivity contribution in [3.05, 3.63) is 60.2 Å². The number of hydrogen-bond acceptors (Lipinski definition) is 4. The van der Waals surface area contributed by atoms with Crippen molar-refractivity contribution in [3.8, 4) is 11.5 Å². The van der Waals surface area contributed by atoms with E-state index in [1.54, 1.807) is 0 Å². The monoisotopic (exact) mass is 378 g/mol. The molecule has 1 N–H and O–H groups in total. The van der Waals surface area contributed by atoms with Gasteiger partial charge in [0, 0.05) is 24.1 Å². The molecule has 0 radical (unpaired) electrons. The zero-order valence-corrected chi connectivity index (χ0v) is 16.0. The Kier molecular flexibility index (Phi) is 5.72. The van der Waals surface area contributed by atoms with Crippen molar-refractivity contribution >= 4 is 11.7 Å². The van der Waals surface area contributed by atoms with E-state index < -0.39 is 0 Å². The van der Waals surface area contributed by atoms with E-state index in [1.807, 2.05) is 54.6 Å². The van der Waals surface area contributed by atoms with E-state index >= 15 is 0 Å². The molecular formula is C23H26N2O3. The van der Waals surface area contributed by atoms with Gasteiger partial charge in [-0.15, -0.1) is 0 Å². The number of piperidine rings is 1. The Morgan fingerprint density at radius 3 is 2.39 bits per heavy atom. The average molecular weight is 378 g/mol. The highest BCUT2D eigenvalue weighted by molar-refractivity contribution is 5.98. The normalized spacial score (nSPS) is 19.8. The molecule has 5 heteroatoms. The molecular weight excluding hydrogens is 352 g/mol. The van der Waals surface area contributed by atoms with E-state index in [4.69, 9.17) is 4.74 Å². The largest absolute Gasteiger partial charge is 0.457 e. The van der Waals surface area contributed by atoms with E-state index in [-0.39, 0.29) is 17.6 Å². The van der Waals surface area contributed by atoms with Crippen LogP contribution in [0.1, 0.15) is 36.0 Å². The summed E-state index contributed by atoms with van der Waals surface area (Å²) in [6.45, 7) is 1.93. The molecule has 1 saturated heterocycles. The molecule has 2 fully saturated rings. The highest BCUT2D eigenvalue weighted by atomic mass is 16.5. The first-order valence-corrected chi connectivity index (χ1v) is 10.1. The number of benzene rings is 2. The Labute approximate surface area is 165 Å². The third-order valence-corrected chi connectivity index (χ3v) is 5.30. The second kappa shape index (κ2) is 8.57. The van der Waals surface area contributed by atoms with Gasteiger partial charge in [-0.25, -0.2) is 0 Å². The number of Topliss-reactive ketones (excluding diaryl/α,β-unsaturated/α-hetero) is 1. The summed E-state index contributed by atoms with van der Waals surface area (Å²) in [5.41, 5.74) is 0.703. The van der Waals surface area contributed by atoms with Crippen molar-refractivity contribution < 1.29 is 14.3 Å². The second-order valence-electron chi connectivity index (χ2n) is 7.72. The molecule has 1 aliphatic heterocycles. The maximum Gasteiger partial charge on any atom is 0.234 e. The maximum atomic E-state index is 12.9. The van der Waals surface area contributed by atoms with Crippen LogP contribution in [0.2, 0.25) is 0 Å². The lowest BCUT2D eigenvalue weighted by molar-refractivity contribution is -0.122. The minimum absolute atomic E-state index is 0.0524. The summed E-state index contributed by atoms with van der Waals surface area (Å²) in [6.07, 6.45) is 4.01. The van der Waals surface area contributed by atoms with Gasteiger partial charge in [0.05, 0.1) is 6.54 Å². The fraction of sp³-hybridized carbons (Fsp3) is 0.391.